The highest BCUT2D eigenvalue weighted by Crippen LogP contribution is 2.31. The number of imidazole rings is 1. The minimum Gasteiger partial charge on any atom is -0.497 e. The van der Waals surface area contributed by atoms with E-state index in [9.17, 15) is 4.79 Å². The van der Waals surface area contributed by atoms with Crippen LogP contribution >= 0.6 is 0 Å². The molecule has 0 saturated carbocycles. The number of nitrogens with one attached hydrogen (secondary N) is 1. The van der Waals surface area contributed by atoms with E-state index in [2.05, 4.69) is 10.3 Å². The molecule has 0 fully saturated rings. The number of hydrogen-bond donors (Lipinski definition) is 1. The quantitative estimate of drug-likeness (QED) is 0.520. The standard InChI is InChI=1S/C23H21N3O4/c1-28-16-9-7-15(8-10-16)22-21(25-20-6-4-5-13-26(20)22)23(27)24-18-14-17(29-2)11-12-19(18)30-3/h4-14H,1-3H3,(H,24,27). The first kappa shape index (κ1) is 19.3. The zero-order chi connectivity index (χ0) is 21.1. The van der Waals surface area contributed by atoms with Crippen molar-refractivity contribution in [3.63, 3.8) is 0 Å². The van der Waals surface area contributed by atoms with Crippen molar-refractivity contribution >= 4 is 17.2 Å². The van der Waals surface area contributed by atoms with Crippen LogP contribution in [0.15, 0.2) is 66.9 Å². The van der Waals surface area contributed by atoms with E-state index in [-0.39, 0.29) is 5.91 Å². The number of methoxy groups -OCH3 is 3. The van der Waals surface area contributed by atoms with Crippen molar-refractivity contribution in [3.8, 4) is 28.5 Å². The van der Waals surface area contributed by atoms with Crippen molar-refractivity contribution in [1.29, 1.82) is 0 Å². The Morgan fingerprint density at radius 1 is 0.900 bits per heavy atom. The van der Waals surface area contributed by atoms with Gasteiger partial charge in [0.05, 0.1) is 32.7 Å². The number of ether oxygens (including phenoxy) is 3. The molecule has 7 nitrogen and oxygen atoms in total. The summed E-state index contributed by atoms with van der Waals surface area (Å²) in [6.07, 6.45) is 1.88. The van der Waals surface area contributed by atoms with Crippen LogP contribution in [-0.2, 0) is 0 Å². The summed E-state index contributed by atoms with van der Waals surface area (Å²) in [5, 5.41) is 2.90. The first-order chi connectivity index (χ1) is 14.6. The third kappa shape index (κ3) is 3.53. The summed E-state index contributed by atoms with van der Waals surface area (Å²) in [6, 6.07) is 18.4. The summed E-state index contributed by atoms with van der Waals surface area (Å²) in [5.41, 5.74) is 3.01. The van der Waals surface area contributed by atoms with Gasteiger partial charge in [0.2, 0.25) is 0 Å². The molecule has 2 aromatic carbocycles. The molecule has 0 aliphatic heterocycles. The van der Waals surface area contributed by atoms with Crippen LogP contribution in [0.5, 0.6) is 17.2 Å². The van der Waals surface area contributed by atoms with Crippen molar-refractivity contribution in [3.05, 3.63) is 72.6 Å². The minimum absolute atomic E-state index is 0.302. The Morgan fingerprint density at radius 3 is 2.33 bits per heavy atom. The Morgan fingerprint density at radius 2 is 1.63 bits per heavy atom. The molecule has 0 spiro atoms. The van der Waals surface area contributed by atoms with E-state index < -0.39 is 0 Å². The highest BCUT2D eigenvalue weighted by molar-refractivity contribution is 6.08. The second-order valence-corrected chi connectivity index (χ2v) is 6.49. The lowest BCUT2D eigenvalue weighted by Gasteiger charge is -2.12. The zero-order valence-electron chi connectivity index (χ0n) is 16.9. The molecule has 7 heteroatoms. The van der Waals surface area contributed by atoms with E-state index in [0.29, 0.717) is 34.2 Å². The fourth-order valence-corrected chi connectivity index (χ4v) is 3.27. The number of hydrogen-bond acceptors (Lipinski definition) is 5. The Bertz CT molecular complexity index is 1200. The lowest BCUT2D eigenvalue weighted by Crippen LogP contribution is -2.14. The van der Waals surface area contributed by atoms with Gasteiger partial charge in [-0.2, -0.15) is 0 Å². The lowest BCUT2D eigenvalue weighted by atomic mass is 10.1. The highest BCUT2D eigenvalue weighted by Gasteiger charge is 2.21. The lowest BCUT2D eigenvalue weighted by molar-refractivity contribution is 0.102. The molecule has 4 rings (SSSR count). The van der Waals surface area contributed by atoms with Gasteiger partial charge in [0.1, 0.15) is 22.9 Å². The SMILES string of the molecule is COc1ccc(-c2c(C(=O)Nc3cc(OC)ccc3OC)nc3ccccn23)cc1. The van der Waals surface area contributed by atoms with Crippen LogP contribution in [0.3, 0.4) is 0 Å². The summed E-state index contributed by atoms with van der Waals surface area (Å²) in [7, 11) is 4.73. The molecule has 1 amide bonds. The first-order valence-corrected chi connectivity index (χ1v) is 9.29. The molecule has 30 heavy (non-hydrogen) atoms. The predicted octanol–water partition coefficient (Wildman–Crippen LogP) is 4.28. The van der Waals surface area contributed by atoms with Crippen LogP contribution < -0.4 is 19.5 Å². The van der Waals surface area contributed by atoms with E-state index in [1.165, 1.54) is 0 Å². The average molecular weight is 403 g/mol. The largest absolute Gasteiger partial charge is 0.497 e. The third-order valence-corrected chi connectivity index (χ3v) is 4.76. The Kier molecular flexibility index (Phi) is 5.26. The predicted molar refractivity (Wildman–Crippen MR) is 115 cm³/mol. The van der Waals surface area contributed by atoms with Crippen molar-refractivity contribution in [2.24, 2.45) is 0 Å². The van der Waals surface area contributed by atoms with Gasteiger partial charge in [-0.1, -0.05) is 6.07 Å². The maximum Gasteiger partial charge on any atom is 0.276 e. The molecular formula is C23H21N3O4. The molecule has 0 aliphatic rings. The topological polar surface area (TPSA) is 74.1 Å². The number of benzene rings is 2. The molecule has 2 aromatic heterocycles. The van der Waals surface area contributed by atoms with E-state index >= 15 is 0 Å². The second kappa shape index (κ2) is 8.16. The molecule has 0 bridgehead atoms. The number of rotatable bonds is 6. The fraction of sp³-hybridized carbons (Fsp3) is 0.130. The van der Waals surface area contributed by atoms with E-state index in [1.54, 1.807) is 39.5 Å². The van der Waals surface area contributed by atoms with Gasteiger partial charge >= 0.3 is 0 Å². The summed E-state index contributed by atoms with van der Waals surface area (Å²) < 4.78 is 17.8. The number of pyridine rings is 1. The number of nitrogens with zero attached hydrogens (tertiary/aromatic N) is 2. The van der Waals surface area contributed by atoms with Crippen molar-refractivity contribution in [2.75, 3.05) is 26.6 Å². The van der Waals surface area contributed by atoms with Gasteiger partial charge in [0.25, 0.3) is 5.91 Å². The fourth-order valence-electron chi connectivity index (χ4n) is 3.27. The number of aromatic nitrogens is 2. The second-order valence-electron chi connectivity index (χ2n) is 6.49. The molecule has 2 heterocycles. The van der Waals surface area contributed by atoms with Crippen molar-refractivity contribution in [1.82, 2.24) is 9.38 Å². The third-order valence-electron chi connectivity index (χ3n) is 4.76. The van der Waals surface area contributed by atoms with Crippen LogP contribution in [0.25, 0.3) is 16.9 Å². The summed E-state index contributed by atoms with van der Waals surface area (Å²) in [5.74, 6) is 1.52. The van der Waals surface area contributed by atoms with Gasteiger partial charge in [-0.25, -0.2) is 4.98 Å². The number of carbonyl (C=O) groups excluding carboxylic acids is 1. The maximum atomic E-state index is 13.3. The van der Waals surface area contributed by atoms with Gasteiger partial charge in [-0.05, 0) is 48.5 Å². The molecule has 0 unspecified atom stereocenters. The Balaban J connectivity index is 1.80. The van der Waals surface area contributed by atoms with Gasteiger partial charge in [-0.3, -0.25) is 9.20 Å². The van der Waals surface area contributed by atoms with Crippen molar-refractivity contribution in [2.45, 2.75) is 0 Å². The number of carbonyl (C=O) groups is 1. The number of fused-ring (bicyclic) bond motifs is 1. The zero-order valence-corrected chi connectivity index (χ0v) is 16.9. The van der Waals surface area contributed by atoms with E-state index in [1.807, 2.05) is 53.1 Å². The van der Waals surface area contributed by atoms with E-state index in [4.69, 9.17) is 14.2 Å². The molecule has 1 N–H and O–H groups in total. The van der Waals surface area contributed by atoms with Crippen LogP contribution in [0, 0.1) is 0 Å². The van der Waals surface area contributed by atoms with Crippen LogP contribution in [0.2, 0.25) is 0 Å². The molecule has 0 aliphatic carbocycles. The van der Waals surface area contributed by atoms with Gasteiger partial charge in [0, 0.05) is 17.8 Å². The van der Waals surface area contributed by atoms with Crippen LogP contribution in [-0.4, -0.2) is 36.6 Å². The first-order valence-electron chi connectivity index (χ1n) is 9.29. The van der Waals surface area contributed by atoms with Crippen LogP contribution in [0.1, 0.15) is 10.5 Å². The normalized spacial score (nSPS) is 10.6. The maximum absolute atomic E-state index is 13.3. The van der Waals surface area contributed by atoms with Gasteiger partial charge < -0.3 is 19.5 Å². The minimum atomic E-state index is -0.351. The molecule has 0 atom stereocenters. The molecule has 0 saturated heterocycles. The monoisotopic (exact) mass is 403 g/mol. The van der Waals surface area contributed by atoms with Gasteiger partial charge in [-0.15, -0.1) is 0 Å². The van der Waals surface area contributed by atoms with Crippen molar-refractivity contribution < 1.29 is 19.0 Å². The Labute approximate surface area is 173 Å². The molecule has 4 aromatic rings. The van der Waals surface area contributed by atoms with E-state index in [0.717, 1.165) is 11.3 Å². The highest BCUT2D eigenvalue weighted by atomic mass is 16.5. The van der Waals surface area contributed by atoms with Crippen LogP contribution in [0.4, 0.5) is 5.69 Å². The average Bonchev–Trinajstić information content (AvgIpc) is 3.19. The smallest absolute Gasteiger partial charge is 0.276 e. The number of amides is 1. The molecule has 152 valence electrons. The number of anilines is 1. The van der Waals surface area contributed by atoms with Gasteiger partial charge in [0.15, 0.2) is 5.69 Å². The molecule has 0 radical (unpaired) electrons. The summed E-state index contributed by atoms with van der Waals surface area (Å²) in [4.78, 5) is 17.8. The summed E-state index contributed by atoms with van der Waals surface area (Å²) >= 11 is 0. The molecular weight excluding hydrogens is 382 g/mol. The Hall–Kier alpha value is -4.00. The summed E-state index contributed by atoms with van der Waals surface area (Å²) in [6.45, 7) is 0.